The normalized spacial score (nSPS) is 29.4. The summed E-state index contributed by atoms with van der Waals surface area (Å²) < 4.78 is 0. The monoisotopic (exact) mass is 409 g/mol. The van der Waals surface area contributed by atoms with Crippen LogP contribution < -0.4 is 5.32 Å². The first-order chi connectivity index (χ1) is 14.7. The molecule has 1 aromatic rings. The largest absolute Gasteiger partial charge is 0.335 e. The number of nitrogens with zero attached hydrogens (tertiary/aromatic N) is 2. The summed E-state index contributed by atoms with van der Waals surface area (Å²) in [6.45, 7) is 4.61. The van der Waals surface area contributed by atoms with Crippen LogP contribution in [0.3, 0.4) is 0 Å². The van der Waals surface area contributed by atoms with E-state index in [1.54, 1.807) is 12.4 Å². The molecular formula is C26H39N3O. The minimum absolute atomic E-state index is 0.107. The number of pyridine rings is 1. The molecule has 0 atom stereocenters. The van der Waals surface area contributed by atoms with Crippen LogP contribution in [0.2, 0.25) is 0 Å². The van der Waals surface area contributed by atoms with Gasteiger partial charge in [0.2, 0.25) is 0 Å². The standard InChI is InChI=1S/C26H39N3O/c1-2-3-4-13-29(25(30)28-10-5-6-21-7-11-27-12-8-21)14-9-26-18-22-15-23(19-26)17-24(16-22)20-26/h5-8,11-12,22-24H,2-4,9-10,13-20H2,1H3,(H,28,30). The smallest absolute Gasteiger partial charge is 0.317 e. The van der Waals surface area contributed by atoms with Crippen molar-refractivity contribution < 1.29 is 4.79 Å². The molecular weight excluding hydrogens is 370 g/mol. The Balaban J connectivity index is 1.29. The molecule has 1 heterocycles. The molecule has 0 spiro atoms. The van der Waals surface area contributed by atoms with Gasteiger partial charge in [-0.05, 0) is 92.2 Å². The van der Waals surface area contributed by atoms with E-state index in [-0.39, 0.29) is 6.03 Å². The highest BCUT2D eigenvalue weighted by atomic mass is 16.2. The SMILES string of the molecule is CCCCCN(CCC12CC3CC(CC(C3)C1)C2)C(=O)NCC=Cc1ccncc1. The van der Waals surface area contributed by atoms with E-state index in [1.807, 2.05) is 24.3 Å². The molecule has 1 aromatic heterocycles. The van der Waals surface area contributed by atoms with Gasteiger partial charge in [-0.3, -0.25) is 4.98 Å². The third kappa shape index (κ3) is 5.44. The Kier molecular flexibility index (Phi) is 7.12. The lowest BCUT2D eigenvalue weighted by Crippen LogP contribution is -2.48. The van der Waals surface area contributed by atoms with Crippen molar-refractivity contribution >= 4 is 12.1 Å². The van der Waals surface area contributed by atoms with Crippen LogP contribution in [-0.2, 0) is 0 Å². The molecule has 4 nitrogen and oxygen atoms in total. The number of hydrogen-bond donors (Lipinski definition) is 1. The fraction of sp³-hybridized carbons (Fsp3) is 0.692. The molecule has 4 aliphatic rings. The number of rotatable bonds is 10. The van der Waals surface area contributed by atoms with Crippen LogP contribution >= 0.6 is 0 Å². The van der Waals surface area contributed by atoms with E-state index in [1.165, 1.54) is 57.8 Å². The Morgan fingerprint density at radius 1 is 1.10 bits per heavy atom. The number of hydrogen-bond acceptors (Lipinski definition) is 2. The van der Waals surface area contributed by atoms with E-state index in [0.717, 1.165) is 42.8 Å². The van der Waals surface area contributed by atoms with Gasteiger partial charge in [0.1, 0.15) is 0 Å². The summed E-state index contributed by atoms with van der Waals surface area (Å²) in [7, 11) is 0. The zero-order valence-corrected chi connectivity index (χ0v) is 18.7. The summed E-state index contributed by atoms with van der Waals surface area (Å²) in [6.07, 6.45) is 21.1. The molecule has 2 amide bonds. The van der Waals surface area contributed by atoms with Gasteiger partial charge in [-0.1, -0.05) is 31.9 Å². The van der Waals surface area contributed by atoms with Crippen LogP contribution in [0.25, 0.3) is 6.08 Å². The van der Waals surface area contributed by atoms with Crippen molar-refractivity contribution in [3.05, 3.63) is 36.2 Å². The average Bonchev–Trinajstić information content (AvgIpc) is 2.73. The summed E-state index contributed by atoms with van der Waals surface area (Å²) in [5, 5.41) is 3.12. The summed E-state index contributed by atoms with van der Waals surface area (Å²) in [4.78, 5) is 19.1. The predicted octanol–water partition coefficient (Wildman–Crippen LogP) is 5.90. The summed E-state index contributed by atoms with van der Waals surface area (Å²) in [6, 6.07) is 4.05. The maximum atomic E-state index is 12.9. The first-order valence-corrected chi connectivity index (χ1v) is 12.2. The number of nitrogens with one attached hydrogen (secondary N) is 1. The van der Waals surface area contributed by atoms with Crippen molar-refractivity contribution in [1.82, 2.24) is 15.2 Å². The van der Waals surface area contributed by atoms with Gasteiger partial charge in [-0.2, -0.15) is 0 Å². The number of aromatic nitrogens is 1. The van der Waals surface area contributed by atoms with E-state index in [9.17, 15) is 4.79 Å². The first-order valence-electron chi connectivity index (χ1n) is 12.2. The lowest BCUT2D eigenvalue weighted by Gasteiger charge is -2.57. The molecule has 164 valence electrons. The van der Waals surface area contributed by atoms with Crippen molar-refractivity contribution in [2.75, 3.05) is 19.6 Å². The molecule has 0 saturated heterocycles. The fourth-order valence-electron chi connectivity index (χ4n) is 6.76. The van der Waals surface area contributed by atoms with Gasteiger partial charge < -0.3 is 10.2 Å². The van der Waals surface area contributed by atoms with Gasteiger partial charge in [0.15, 0.2) is 0 Å². The fourth-order valence-corrected chi connectivity index (χ4v) is 6.76. The molecule has 0 aliphatic heterocycles. The van der Waals surface area contributed by atoms with Gasteiger partial charge in [0.25, 0.3) is 0 Å². The zero-order valence-electron chi connectivity index (χ0n) is 18.7. The average molecular weight is 410 g/mol. The van der Waals surface area contributed by atoms with Gasteiger partial charge in [-0.15, -0.1) is 0 Å². The second-order valence-corrected chi connectivity index (χ2v) is 10.2. The van der Waals surface area contributed by atoms with Crippen molar-refractivity contribution in [1.29, 1.82) is 0 Å². The third-order valence-electron chi connectivity index (χ3n) is 7.78. The number of urea groups is 1. The molecule has 4 saturated carbocycles. The lowest BCUT2D eigenvalue weighted by molar-refractivity contribution is -0.0596. The van der Waals surface area contributed by atoms with Crippen molar-refractivity contribution in [3.8, 4) is 0 Å². The maximum Gasteiger partial charge on any atom is 0.317 e. The topological polar surface area (TPSA) is 45.2 Å². The Labute approximate surface area is 182 Å². The molecule has 5 rings (SSSR count). The first kappa shape index (κ1) is 21.4. The summed E-state index contributed by atoms with van der Waals surface area (Å²) in [5.74, 6) is 2.95. The number of carbonyl (C=O) groups is 1. The van der Waals surface area contributed by atoms with Crippen molar-refractivity contribution in [2.45, 2.75) is 71.1 Å². The van der Waals surface area contributed by atoms with Crippen LogP contribution in [0.1, 0.15) is 76.7 Å². The maximum absolute atomic E-state index is 12.9. The van der Waals surface area contributed by atoms with Crippen LogP contribution in [0.15, 0.2) is 30.6 Å². The second kappa shape index (κ2) is 9.98. The van der Waals surface area contributed by atoms with Gasteiger partial charge in [-0.25, -0.2) is 4.79 Å². The van der Waals surface area contributed by atoms with E-state index >= 15 is 0 Å². The molecule has 1 N–H and O–H groups in total. The summed E-state index contributed by atoms with van der Waals surface area (Å²) >= 11 is 0. The molecule has 0 radical (unpaired) electrons. The Bertz CT molecular complexity index is 679. The third-order valence-corrected chi connectivity index (χ3v) is 7.78. The van der Waals surface area contributed by atoms with Gasteiger partial charge in [0.05, 0.1) is 0 Å². The predicted molar refractivity (Wildman–Crippen MR) is 123 cm³/mol. The number of amides is 2. The highest BCUT2D eigenvalue weighted by molar-refractivity contribution is 5.74. The van der Waals surface area contributed by atoms with Crippen LogP contribution in [0.5, 0.6) is 0 Å². The van der Waals surface area contributed by atoms with E-state index in [4.69, 9.17) is 0 Å². The minimum Gasteiger partial charge on any atom is -0.335 e. The highest BCUT2D eigenvalue weighted by Gasteiger charge is 2.50. The van der Waals surface area contributed by atoms with E-state index in [0.29, 0.717) is 12.0 Å². The van der Waals surface area contributed by atoms with Crippen molar-refractivity contribution in [2.24, 2.45) is 23.2 Å². The van der Waals surface area contributed by atoms with Crippen LogP contribution in [0.4, 0.5) is 4.79 Å². The lowest BCUT2D eigenvalue weighted by atomic mass is 9.49. The molecule has 4 aliphatic carbocycles. The highest BCUT2D eigenvalue weighted by Crippen LogP contribution is 2.61. The van der Waals surface area contributed by atoms with Crippen molar-refractivity contribution in [3.63, 3.8) is 0 Å². The Hall–Kier alpha value is -1.84. The van der Waals surface area contributed by atoms with Crippen LogP contribution in [0, 0.1) is 23.2 Å². The Morgan fingerprint density at radius 2 is 1.77 bits per heavy atom. The number of carbonyl (C=O) groups excluding carboxylic acids is 1. The molecule has 4 fully saturated rings. The summed E-state index contributed by atoms with van der Waals surface area (Å²) in [5.41, 5.74) is 1.65. The van der Waals surface area contributed by atoms with E-state index in [2.05, 4.69) is 22.1 Å². The second-order valence-electron chi connectivity index (χ2n) is 10.2. The van der Waals surface area contributed by atoms with Crippen LogP contribution in [-0.4, -0.2) is 35.5 Å². The van der Waals surface area contributed by atoms with Gasteiger partial charge >= 0.3 is 6.03 Å². The Morgan fingerprint density at radius 3 is 2.40 bits per heavy atom. The molecule has 0 unspecified atom stereocenters. The minimum atomic E-state index is 0.107. The molecule has 0 aromatic carbocycles. The molecule has 4 bridgehead atoms. The number of unbranched alkanes of at least 4 members (excludes halogenated alkanes) is 2. The van der Waals surface area contributed by atoms with E-state index < -0.39 is 0 Å². The quantitative estimate of drug-likeness (QED) is 0.489. The van der Waals surface area contributed by atoms with Gasteiger partial charge in [0, 0.05) is 32.0 Å². The molecule has 4 heteroatoms. The zero-order chi connectivity index (χ0) is 20.8. The molecule has 30 heavy (non-hydrogen) atoms.